The number of allylic oxidation sites excluding steroid dienone is 4. The number of likely N-dealkylation sites (N-methyl/N-ethyl adjacent to an activating group) is 1. The molecule has 0 heterocycles. The van der Waals surface area contributed by atoms with Crippen LogP contribution in [-0.2, 0) is 19.1 Å². The molecular formula is C40H76ClNO4. The van der Waals surface area contributed by atoms with Crippen molar-refractivity contribution in [2.75, 3.05) is 34.3 Å². The monoisotopic (exact) mass is 670 g/mol. The minimum absolute atomic E-state index is 0. The molecule has 0 rings (SSSR count). The number of unbranched alkanes of at least 4 members (excludes halogenated alkanes) is 20. The van der Waals surface area contributed by atoms with E-state index in [4.69, 9.17) is 9.47 Å². The molecule has 1 atom stereocenters. The number of halogens is 1. The lowest BCUT2D eigenvalue weighted by Crippen LogP contribution is -3.00. The van der Waals surface area contributed by atoms with Crippen molar-refractivity contribution in [1.82, 2.24) is 0 Å². The van der Waals surface area contributed by atoms with Gasteiger partial charge in [0.05, 0.1) is 21.1 Å². The third-order valence-corrected chi connectivity index (χ3v) is 8.27. The first-order valence-corrected chi connectivity index (χ1v) is 19.2. The van der Waals surface area contributed by atoms with Crippen LogP contribution in [0.3, 0.4) is 0 Å². The Labute approximate surface area is 292 Å². The van der Waals surface area contributed by atoms with E-state index in [-0.39, 0.29) is 31.0 Å². The Balaban J connectivity index is 0. The summed E-state index contributed by atoms with van der Waals surface area (Å²) in [7, 11) is 6.20. The Morgan fingerprint density at radius 3 is 1.26 bits per heavy atom. The zero-order valence-corrected chi connectivity index (χ0v) is 31.9. The number of quaternary nitrogens is 1. The van der Waals surface area contributed by atoms with Gasteiger partial charge in [-0.3, -0.25) is 9.59 Å². The Morgan fingerprint density at radius 1 is 0.522 bits per heavy atom. The second-order valence-electron chi connectivity index (χ2n) is 14.2. The van der Waals surface area contributed by atoms with Gasteiger partial charge in [0.2, 0.25) is 0 Å². The predicted octanol–water partition coefficient (Wildman–Crippen LogP) is 8.45. The highest BCUT2D eigenvalue weighted by Gasteiger charge is 2.23. The topological polar surface area (TPSA) is 52.6 Å². The third-order valence-electron chi connectivity index (χ3n) is 8.27. The maximum absolute atomic E-state index is 12.5. The van der Waals surface area contributed by atoms with Crippen molar-refractivity contribution in [3.63, 3.8) is 0 Å². The Bertz CT molecular complexity index is 731. The van der Waals surface area contributed by atoms with E-state index in [1.807, 2.05) is 0 Å². The van der Waals surface area contributed by atoms with Crippen molar-refractivity contribution < 1.29 is 36.0 Å². The standard InChI is InChI=1S/C40H76NO4.ClH/c1-6-8-10-12-14-16-18-20-22-24-26-28-30-32-34-39(42)44-37-38(36-41(3,4)5)45-40(43)35-33-31-29-27-25-23-21-19-17-15-13-11-9-7-2;/h18-21,38H,6-17,22-37H2,1-5H3;1H/q+1;/p-1/b20-18-,21-19-;. The molecule has 0 aliphatic heterocycles. The van der Waals surface area contributed by atoms with Crippen molar-refractivity contribution in [3.8, 4) is 0 Å². The van der Waals surface area contributed by atoms with Crippen LogP contribution in [-0.4, -0.2) is 56.8 Å². The Morgan fingerprint density at radius 2 is 0.870 bits per heavy atom. The zero-order valence-electron chi connectivity index (χ0n) is 31.1. The fraction of sp³-hybridized carbons (Fsp3) is 0.850. The molecule has 0 N–H and O–H groups in total. The summed E-state index contributed by atoms with van der Waals surface area (Å²) < 4.78 is 12.0. The lowest BCUT2D eigenvalue weighted by atomic mass is 10.1. The van der Waals surface area contributed by atoms with Crippen LogP contribution >= 0.6 is 0 Å². The molecule has 272 valence electrons. The molecule has 46 heavy (non-hydrogen) atoms. The summed E-state index contributed by atoms with van der Waals surface area (Å²) in [6, 6.07) is 0. The van der Waals surface area contributed by atoms with Crippen molar-refractivity contribution in [2.24, 2.45) is 0 Å². The van der Waals surface area contributed by atoms with Gasteiger partial charge in [0.25, 0.3) is 0 Å². The lowest BCUT2D eigenvalue weighted by Gasteiger charge is -2.28. The van der Waals surface area contributed by atoms with Crippen molar-refractivity contribution in [3.05, 3.63) is 24.3 Å². The summed E-state index contributed by atoms with van der Waals surface area (Å²) in [6.07, 6.45) is 39.2. The van der Waals surface area contributed by atoms with Crippen molar-refractivity contribution in [2.45, 2.75) is 187 Å². The van der Waals surface area contributed by atoms with E-state index in [1.165, 1.54) is 116 Å². The molecule has 0 saturated heterocycles. The molecule has 0 radical (unpaired) electrons. The molecule has 0 spiro atoms. The average Bonchev–Trinajstić information content (AvgIpc) is 2.99. The van der Waals surface area contributed by atoms with Gasteiger partial charge in [-0.2, -0.15) is 0 Å². The number of carbonyl (C=O) groups excluding carboxylic acids is 2. The molecule has 0 amide bonds. The van der Waals surface area contributed by atoms with Gasteiger partial charge in [-0.25, -0.2) is 0 Å². The van der Waals surface area contributed by atoms with E-state index in [9.17, 15) is 9.59 Å². The number of ether oxygens (including phenoxy) is 2. The van der Waals surface area contributed by atoms with Gasteiger partial charge >= 0.3 is 11.9 Å². The molecule has 0 aromatic heterocycles. The second-order valence-corrected chi connectivity index (χ2v) is 14.2. The zero-order chi connectivity index (χ0) is 33.3. The molecule has 0 aliphatic rings. The van der Waals surface area contributed by atoms with E-state index in [0.29, 0.717) is 23.9 Å². The Kier molecular flexibility index (Phi) is 35.6. The fourth-order valence-corrected chi connectivity index (χ4v) is 5.56. The van der Waals surface area contributed by atoms with E-state index in [1.54, 1.807) is 0 Å². The van der Waals surface area contributed by atoms with Crippen LogP contribution in [0.15, 0.2) is 24.3 Å². The van der Waals surface area contributed by atoms with Gasteiger partial charge in [0.1, 0.15) is 13.2 Å². The minimum Gasteiger partial charge on any atom is -1.00 e. The van der Waals surface area contributed by atoms with E-state index < -0.39 is 6.10 Å². The number of hydrogen-bond acceptors (Lipinski definition) is 4. The van der Waals surface area contributed by atoms with Gasteiger partial charge in [-0.15, -0.1) is 0 Å². The van der Waals surface area contributed by atoms with Crippen LogP contribution in [0.2, 0.25) is 0 Å². The van der Waals surface area contributed by atoms with E-state index in [0.717, 1.165) is 38.5 Å². The SMILES string of the molecule is CCCCCCC/C=C\CCCCCCCC(=O)OCC(C[N+](C)(C)C)OC(=O)CCCCCCC/C=C\CCCCCCC.[Cl-]. The third kappa shape index (κ3) is 37.1. The number of carbonyl (C=O) groups is 2. The molecule has 1 unspecified atom stereocenters. The predicted molar refractivity (Wildman–Crippen MR) is 193 cm³/mol. The maximum Gasteiger partial charge on any atom is 0.306 e. The normalized spacial score (nSPS) is 12.5. The average molecular weight is 671 g/mol. The van der Waals surface area contributed by atoms with Gasteiger partial charge in [0.15, 0.2) is 6.10 Å². The number of nitrogens with zero attached hydrogens (tertiary/aromatic N) is 1. The molecule has 0 aliphatic carbocycles. The summed E-state index contributed by atoms with van der Waals surface area (Å²) in [5, 5.41) is 0. The second kappa shape index (κ2) is 35.0. The van der Waals surface area contributed by atoms with Crippen molar-refractivity contribution >= 4 is 11.9 Å². The first-order valence-electron chi connectivity index (χ1n) is 19.2. The molecule has 5 nitrogen and oxygen atoms in total. The summed E-state index contributed by atoms with van der Waals surface area (Å²) in [5.74, 6) is -0.352. The summed E-state index contributed by atoms with van der Waals surface area (Å²) >= 11 is 0. The smallest absolute Gasteiger partial charge is 0.306 e. The van der Waals surface area contributed by atoms with Crippen LogP contribution in [0.4, 0.5) is 0 Å². The highest BCUT2D eigenvalue weighted by atomic mass is 35.5. The first-order chi connectivity index (χ1) is 21.8. The summed E-state index contributed by atoms with van der Waals surface area (Å²) in [4.78, 5) is 24.9. The van der Waals surface area contributed by atoms with Crippen molar-refractivity contribution in [1.29, 1.82) is 0 Å². The van der Waals surface area contributed by atoms with Gasteiger partial charge < -0.3 is 26.4 Å². The Hall–Kier alpha value is -1.33. The molecule has 0 bridgehead atoms. The largest absolute Gasteiger partial charge is 1.00 e. The fourth-order valence-electron chi connectivity index (χ4n) is 5.56. The minimum atomic E-state index is -0.399. The van der Waals surface area contributed by atoms with Crippen LogP contribution in [0.1, 0.15) is 181 Å². The molecule has 0 aromatic carbocycles. The maximum atomic E-state index is 12.5. The molecule has 0 aromatic rings. The highest BCUT2D eigenvalue weighted by molar-refractivity contribution is 5.70. The van der Waals surface area contributed by atoms with E-state index in [2.05, 4.69) is 59.3 Å². The van der Waals surface area contributed by atoms with Crippen LogP contribution in [0, 0.1) is 0 Å². The lowest BCUT2D eigenvalue weighted by molar-refractivity contribution is -0.873. The number of hydrogen-bond donors (Lipinski definition) is 0. The summed E-state index contributed by atoms with van der Waals surface area (Å²) in [6.45, 7) is 5.29. The molecule has 0 saturated carbocycles. The first kappa shape index (κ1) is 46.8. The van der Waals surface area contributed by atoms with Gasteiger partial charge in [0, 0.05) is 12.8 Å². The highest BCUT2D eigenvalue weighted by Crippen LogP contribution is 2.13. The number of esters is 2. The van der Waals surface area contributed by atoms with Crippen LogP contribution in [0.25, 0.3) is 0 Å². The molecular weight excluding hydrogens is 594 g/mol. The molecule has 6 heteroatoms. The molecule has 0 fully saturated rings. The van der Waals surface area contributed by atoms with Gasteiger partial charge in [-0.1, -0.05) is 128 Å². The quantitative estimate of drug-likeness (QED) is 0.0305. The van der Waals surface area contributed by atoms with Crippen LogP contribution < -0.4 is 12.4 Å². The summed E-state index contributed by atoms with van der Waals surface area (Å²) in [5.41, 5.74) is 0. The number of rotatable bonds is 33. The van der Waals surface area contributed by atoms with E-state index >= 15 is 0 Å². The van der Waals surface area contributed by atoms with Crippen LogP contribution in [0.5, 0.6) is 0 Å². The van der Waals surface area contributed by atoms with Gasteiger partial charge in [-0.05, 0) is 64.2 Å².